The molecule has 5 nitrogen and oxygen atoms in total. The van der Waals surface area contributed by atoms with Gasteiger partial charge in [-0.15, -0.1) is 0 Å². The zero-order valence-electron chi connectivity index (χ0n) is 13.8. The Hall–Kier alpha value is -2.15. The SMILES string of the molecule is Cc1[nH]c(C(=O)Nc2ccc(Br)cc2F)c(C)c1C(=O)OC(C)C. The molecule has 0 fully saturated rings. The van der Waals surface area contributed by atoms with Gasteiger partial charge in [-0.25, -0.2) is 9.18 Å². The van der Waals surface area contributed by atoms with Gasteiger partial charge in [-0.2, -0.15) is 0 Å². The summed E-state index contributed by atoms with van der Waals surface area (Å²) in [6, 6.07) is 4.33. The third-order valence-electron chi connectivity index (χ3n) is 3.39. The first-order valence-electron chi connectivity index (χ1n) is 7.37. The summed E-state index contributed by atoms with van der Waals surface area (Å²) in [5.74, 6) is -1.58. The lowest BCUT2D eigenvalue weighted by Gasteiger charge is -2.08. The zero-order chi connectivity index (χ0) is 18.0. The van der Waals surface area contributed by atoms with E-state index >= 15 is 0 Å². The molecule has 24 heavy (non-hydrogen) atoms. The molecule has 2 N–H and O–H groups in total. The van der Waals surface area contributed by atoms with Gasteiger partial charge in [0.1, 0.15) is 11.5 Å². The van der Waals surface area contributed by atoms with Gasteiger partial charge in [-0.3, -0.25) is 4.79 Å². The van der Waals surface area contributed by atoms with Gasteiger partial charge in [0.05, 0.1) is 17.4 Å². The van der Waals surface area contributed by atoms with Crippen molar-refractivity contribution >= 4 is 33.5 Å². The summed E-state index contributed by atoms with van der Waals surface area (Å²) in [7, 11) is 0. The minimum Gasteiger partial charge on any atom is -0.459 e. The number of amides is 1. The summed E-state index contributed by atoms with van der Waals surface area (Å²) in [6.45, 7) is 6.83. The molecule has 1 amide bonds. The van der Waals surface area contributed by atoms with Crippen LogP contribution >= 0.6 is 15.9 Å². The maximum absolute atomic E-state index is 13.9. The molecule has 7 heteroatoms. The van der Waals surface area contributed by atoms with E-state index in [4.69, 9.17) is 4.74 Å². The van der Waals surface area contributed by atoms with Crippen molar-refractivity contribution in [1.82, 2.24) is 4.98 Å². The number of hydrogen-bond donors (Lipinski definition) is 2. The predicted octanol–water partition coefficient (Wildman–Crippen LogP) is 4.35. The van der Waals surface area contributed by atoms with Gasteiger partial charge in [0, 0.05) is 10.2 Å². The fourth-order valence-electron chi connectivity index (χ4n) is 2.33. The van der Waals surface area contributed by atoms with Crippen LogP contribution in [0.3, 0.4) is 0 Å². The lowest BCUT2D eigenvalue weighted by Crippen LogP contribution is -2.16. The van der Waals surface area contributed by atoms with Gasteiger partial charge in [-0.1, -0.05) is 15.9 Å². The van der Waals surface area contributed by atoms with E-state index in [9.17, 15) is 14.0 Å². The van der Waals surface area contributed by atoms with Crippen LogP contribution < -0.4 is 5.32 Å². The quantitative estimate of drug-likeness (QED) is 0.754. The fourth-order valence-corrected chi connectivity index (χ4v) is 2.67. The standard InChI is InChI=1S/C17H18BrFN2O3/c1-8(2)24-17(23)14-9(3)15(20-10(14)4)16(22)21-13-6-5-11(18)7-12(13)19/h5-8,20H,1-4H3,(H,21,22). The molecule has 0 radical (unpaired) electrons. The largest absolute Gasteiger partial charge is 0.459 e. The Morgan fingerprint density at radius 3 is 2.54 bits per heavy atom. The first-order valence-corrected chi connectivity index (χ1v) is 8.16. The lowest BCUT2D eigenvalue weighted by atomic mass is 10.1. The molecular formula is C17H18BrFN2O3. The second kappa shape index (κ2) is 7.17. The number of hydrogen-bond acceptors (Lipinski definition) is 3. The van der Waals surface area contributed by atoms with Crippen molar-refractivity contribution in [3.8, 4) is 0 Å². The van der Waals surface area contributed by atoms with Crippen molar-refractivity contribution in [3.63, 3.8) is 0 Å². The highest BCUT2D eigenvalue weighted by atomic mass is 79.9. The third-order valence-corrected chi connectivity index (χ3v) is 3.88. The van der Waals surface area contributed by atoms with E-state index in [1.807, 2.05) is 0 Å². The average molecular weight is 397 g/mol. The van der Waals surface area contributed by atoms with Gasteiger partial charge >= 0.3 is 5.97 Å². The molecule has 1 aromatic carbocycles. The number of esters is 1. The molecule has 0 bridgehead atoms. The van der Waals surface area contributed by atoms with Gasteiger partial charge in [0.2, 0.25) is 0 Å². The molecule has 0 spiro atoms. The first kappa shape index (κ1) is 18.2. The number of rotatable bonds is 4. The molecule has 0 unspecified atom stereocenters. The van der Waals surface area contributed by atoms with Crippen LogP contribution in [-0.4, -0.2) is 23.0 Å². The van der Waals surface area contributed by atoms with Gasteiger partial charge in [0.25, 0.3) is 5.91 Å². The highest BCUT2D eigenvalue weighted by Gasteiger charge is 2.24. The molecule has 128 valence electrons. The number of halogens is 2. The Kier molecular flexibility index (Phi) is 5.43. The van der Waals surface area contributed by atoms with Crippen molar-refractivity contribution in [3.05, 3.63) is 51.0 Å². The number of aromatic nitrogens is 1. The van der Waals surface area contributed by atoms with Crippen LogP contribution in [-0.2, 0) is 4.74 Å². The number of benzene rings is 1. The van der Waals surface area contributed by atoms with E-state index in [-0.39, 0.29) is 17.5 Å². The smallest absolute Gasteiger partial charge is 0.340 e. The number of ether oxygens (including phenoxy) is 1. The highest BCUT2D eigenvalue weighted by molar-refractivity contribution is 9.10. The number of aromatic amines is 1. The monoisotopic (exact) mass is 396 g/mol. The topological polar surface area (TPSA) is 71.2 Å². The molecule has 0 atom stereocenters. The summed E-state index contributed by atoms with van der Waals surface area (Å²) in [4.78, 5) is 27.4. The Balaban J connectivity index is 2.29. The average Bonchev–Trinajstić information content (AvgIpc) is 2.76. The third kappa shape index (κ3) is 3.84. The van der Waals surface area contributed by atoms with E-state index in [0.717, 1.165) is 0 Å². The van der Waals surface area contributed by atoms with Crippen LogP contribution in [0.2, 0.25) is 0 Å². The van der Waals surface area contributed by atoms with Crippen molar-refractivity contribution < 1.29 is 18.7 Å². The molecule has 0 aliphatic rings. The Bertz CT molecular complexity index is 799. The van der Waals surface area contributed by atoms with Crippen LogP contribution in [0.25, 0.3) is 0 Å². The van der Waals surface area contributed by atoms with Crippen molar-refractivity contribution in [1.29, 1.82) is 0 Å². The number of H-pyrrole nitrogens is 1. The molecule has 2 rings (SSSR count). The van der Waals surface area contributed by atoms with Gasteiger partial charge in [-0.05, 0) is 51.5 Å². The molecule has 0 aliphatic heterocycles. The first-order chi connectivity index (χ1) is 11.2. The second-order valence-corrected chi connectivity index (χ2v) is 6.57. The van der Waals surface area contributed by atoms with Crippen LogP contribution in [0.4, 0.5) is 10.1 Å². The highest BCUT2D eigenvalue weighted by Crippen LogP contribution is 2.23. The Morgan fingerprint density at radius 1 is 1.29 bits per heavy atom. The number of aryl methyl sites for hydroxylation is 1. The van der Waals surface area contributed by atoms with Gasteiger partial charge < -0.3 is 15.0 Å². The van der Waals surface area contributed by atoms with Crippen molar-refractivity contribution in [2.24, 2.45) is 0 Å². The molecule has 0 saturated carbocycles. The number of carbonyl (C=O) groups excluding carboxylic acids is 2. The Labute approximate surface area is 147 Å². The maximum atomic E-state index is 13.9. The van der Waals surface area contributed by atoms with Crippen LogP contribution in [0.5, 0.6) is 0 Å². The molecular weight excluding hydrogens is 379 g/mol. The normalized spacial score (nSPS) is 10.8. The van der Waals surface area contributed by atoms with Crippen LogP contribution in [0, 0.1) is 19.7 Å². The summed E-state index contributed by atoms with van der Waals surface area (Å²) in [5, 5.41) is 2.50. The molecule has 1 heterocycles. The van der Waals surface area contributed by atoms with E-state index in [0.29, 0.717) is 21.3 Å². The van der Waals surface area contributed by atoms with Crippen LogP contribution in [0.1, 0.15) is 46.0 Å². The summed E-state index contributed by atoms with van der Waals surface area (Å²) in [6.07, 6.45) is -0.264. The Morgan fingerprint density at radius 2 is 1.96 bits per heavy atom. The van der Waals surface area contributed by atoms with E-state index < -0.39 is 17.7 Å². The van der Waals surface area contributed by atoms with E-state index in [2.05, 4.69) is 26.2 Å². The minimum absolute atomic E-state index is 0.0566. The zero-order valence-corrected chi connectivity index (χ0v) is 15.4. The second-order valence-electron chi connectivity index (χ2n) is 5.66. The van der Waals surface area contributed by atoms with Gasteiger partial charge in [0.15, 0.2) is 0 Å². The minimum atomic E-state index is -0.557. The fraction of sp³-hybridized carbons (Fsp3) is 0.294. The number of anilines is 1. The van der Waals surface area contributed by atoms with E-state index in [1.165, 1.54) is 12.1 Å². The molecule has 0 aliphatic carbocycles. The van der Waals surface area contributed by atoms with Crippen LogP contribution in [0.15, 0.2) is 22.7 Å². The molecule has 0 saturated heterocycles. The summed E-state index contributed by atoms with van der Waals surface area (Å²) in [5.41, 5.74) is 1.57. The van der Waals surface area contributed by atoms with Crippen molar-refractivity contribution in [2.45, 2.75) is 33.8 Å². The summed E-state index contributed by atoms with van der Waals surface area (Å²) >= 11 is 3.16. The molecule has 1 aromatic heterocycles. The summed E-state index contributed by atoms with van der Waals surface area (Å²) < 4.78 is 19.6. The maximum Gasteiger partial charge on any atom is 0.340 e. The number of nitrogens with one attached hydrogen (secondary N) is 2. The number of carbonyl (C=O) groups is 2. The van der Waals surface area contributed by atoms with E-state index in [1.54, 1.807) is 33.8 Å². The lowest BCUT2D eigenvalue weighted by molar-refractivity contribution is 0.0376. The van der Waals surface area contributed by atoms with Crippen molar-refractivity contribution in [2.75, 3.05) is 5.32 Å². The molecule has 2 aromatic rings. The predicted molar refractivity (Wildman–Crippen MR) is 92.9 cm³/mol.